The predicted molar refractivity (Wildman–Crippen MR) is 68.4 cm³/mol. The average Bonchev–Trinajstić information content (AvgIpc) is 2.35. The molecule has 0 aliphatic heterocycles. The predicted octanol–water partition coefficient (Wildman–Crippen LogP) is 3.97. The standard InChI is InChI=1S/C14H25NO2/c1-2-3-4-5-6-7-8-9-10-11-12-17-14(16)13-15/h2-12H2,1H3. The van der Waals surface area contributed by atoms with Gasteiger partial charge < -0.3 is 4.74 Å². The van der Waals surface area contributed by atoms with Crippen LogP contribution in [-0.4, -0.2) is 12.6 Å². The molecule has 98 valence electrons. The molecule has 0 spiro atoms. The molecular weight excluding hydrogens is 214 g/mol. The topological polar surface area (TPSA) is 50.1 Å². The lowest BCUT2D eigenvalue weighted by Gasteiger charge is -2.02. The van der Waals surface area contributed by atoms with Crippen molar-refractivity contribution < 1.29 is 9.53 Å². The van der Waals surface area contributed by atoms with Gasteiger partial charge in [0.2, 0.25) is 0 Å². The van der Waals surface area contributed by atoms with E-state index in [4.69, 9.17) is 5.26 Å². The maximum absolute atomic E-state index is 10.5. The van der Waals surface area contributed by atoms with E-state index in [1.54, 1.807) is 0 Å². The second-order valence-corrected chi connectivity index (χ2v) is 4.43. The minimum absolute atomic E-state index is 0.392. The van der Waals surface area contributed by atoms with E-state index in [0.29, 0.717) is 6.61 Å². The van der Waals surface area contributed by atoms with Crippen LogP contribution in [0, 0.1) is 11.3 Å². The van der Waals surface area contributed by atoms with Crippen LogP contribution in [0.1, 0.15) is 71.1 Å². The van der Waals surface area contributed by atoms with E-state index >= 15 is 0 Å². The monoisotopic (exact) mass is 239 g/mol. The number of hydrogen-bond acceptors (Lipinski definition) is 3. The van der Waals surface area contributed by atoms with Gasteiger partial charge >= 0.3 is 5.97 Å². The van der Waals surface area contributed by atoms with Crippen LogP contribution < -0.4 is 0 Å². The molecule has 0 radical (unpaired) electrons. The lowest BCUT2D eigenvalue weighted by Crippen LogP contribution is -2.02. The van der Waals surface area contributed by atoms with Crippen LogP contribution in [0.15, 0.2) is 0 Å². The summed E-state index contributed by atoms with van der Waals surface area (Å²) in [5.74, 6) is -0.763. The SMILES string of the molecule is CCCCCCCCCCCCOC(=O)C#N. The van der Waals surface area contributed by atoms with Crippen molar-refractivity contribution in [1.29, 1.82) is 5.26 Å². The third kappa shape index (κ3) is 12.9. The molecule has 0 aliphatic carbocycles. The van der Waals surface area contributed by atoms with Gasteiger partial charge in [-0.05, 0) is 6.42 Å². The molecular formula is C14H25NO2. The molecule has 0 unspecified atom stereocenters. The molecule has 0 bridgehead atoms. The molecule has 0 saturated carbocycles. The maximum Gasteiger partial charge on any atom is 0.411 e. The number of carbonyl (C=O) groups is 1. The van der Waals surface area contributed by atoms with Crippen molar-refractivity contribution in [2.24, 2.45) is 0 Å². The van der Waals surface area contributed by atoms with Crippen LogP contribution >= 0.6 is 0 Å². The molecule has 3 nitrogen and oxygen atoms in total. The fourth-order valence-electron chi connectivity index (χ4n) is 1.79. The first-order valence-electron chi connectivity index (χ1n) is 6.88. The normalized spacial score (nSPS) is 9.88. The van der Waals surface area contributed by atoms with Crippen molar-refractivity contribution in [2.45, 2.75) is 71.1 Å². The first-order valence-corrected chi connectivity index (χ1v) is 6.88. The van der Waals surface area contributed by atoms with Crippen molar-refractivity contribution in [2.75, 3.05) is 6.61 Å². The van der Waals surface area contributed by atoms with Crippen molar-refractivity contribution in [1.82, 2.24) is 0 Å². The van der Waals surface area contributed by atoms with Crippen LogP contribution in [0.5, 0.6) is 0 Å². The molecule has 0 aliphatic rings. The molecule has 0 aromatic carbocycles. The fourth-order valence-corrected chi connectivity index (χ4v) is 1.79. The van der Waals surface area contributed by atoms with Crippen molar-refractivity contribution in [3.8, 4) is 6.07 Å². The summed E-state index contributed by atoms with van der Waals surface area (Å²) in [7, 11) is 0. The van der Waals surface area contributed by atoms with E-state index in [2.05, 4.69) is 11.7 Å². The molecule has 0 aromatic rings. The van der Waals surface area contributed by atoms with Crippen molar-refractivity contribution in [3.05, 3.63) is 0 Å². The number of hydrogen-bond donors (Lipinski definition) is 0. The minimum atomic E-state index is -0.763. The number of ether oxygens (including phenoxy) is 1. The molecule has 0 aromatic heterocycles. The first-order chi connectivity index (χ1) is 8.31. The highest BCUT2D eigenvalue weighted by atomic mass is 16.5. The molecule has 0 rings (SSSR count). The molecule has 0 amide bonds. The Bertz CT molecular complexity index is 221. The summed E-state index contributed by atoms with van der Waals surface area (Å²) in [6, 6.07) is 1.44. The van der Waals surface area contributed by atoms with E-state index < -0.39 is 5.97 Å². The van der Waals surface area contributed by atoms with Gasteiger partial charge in [0.25, 0.3) is 0 Å². The molecule has 0 fully saturated rings. The smallest absolute Gasteiger partial charge is 0.411 e. The number of esters is 1. The van der Waals surface area contributed by atoms with Crippen LogP contribution in [0.4, 0.5) is 0 Å². The third-order valence-electron chi connectivity index (χ3n) is 2.82. The highest BCUT2D eigenvalue weighted by molar-refractivity contribution is 5.85. The van der Waals surface area contributed by atoms with Gasteiger partial charge in [0.1, 0.15) is 0 Å². The van der Waals surface area contributed by atoms with E-state index in [1.165, 1.54) is 57.4 Å². The lowest BCUT2D eigenvalue weighted by molar-refractivity contribution is -0.137. The molecule has 3 heteroatoms. The van der Waals surface area contributed by atoms with Gasteiger partial charge in [0.05, 0.1) is 6.61 Å². The van der Waals surface area contributed by atoms with Crippen LogP contribution in [0.3, 0.4) is 0 Å². The zero-order chi connectivity index (χ0) is 12.8. The summed E-state index contributed by atoms with van der Waals surface area (Å²) in [5, 5.41) is 8.17. The summed E-state index contributed by atoms with van der Waals surface area (Å²) in [5.41, 5.74) is 0. The van der Waals surface area contributed by atoms with Gasteiger partial charge in [-0.1, -0.05) is 64.7 Å². The Hall–Kier alpha value is -1.04. The van der Waals surface area contributed by atoms with E-state index in [0.717, 1.165) is 12.8 Å². The summed E-state index contributed by atoms with van der Waals surface area (Å²) >= 11 is 0. The van der Waals surface area contributed by atoms with Crippen molar-refractivity contribution >= 4 is 5.97 Å². The van der Waals surface area contributed by atoms with E-state index in [1.807, 2.05) is 0 Å². The first kappa shape index (κ1) is 16.0. The Kier molecular flexibility index (Phi) is 12.2. The fraction of sp³-hybridized carbons (Fsp3) is 0.857. The summed E-state index contributed by atoms with van der Waals surface area (Å²) in [6.07, 6.45) is 12.5. The molecule has 0 atom stereocenters. The van der Waals surface area contributed by atoms with Crippen molar-refractivity contribution in [3.63, 3.8) is 0 Å². The quantitative estimate of drug-likeness (QED) is 0.311. The summed E-state index contributed by atoms with van der Waals surface area (Å²) in [6.45, 7) is 2.63. The Balaban J connectivity index is 2.99. The highest BCUT2D eigenvalue weighted by Gasteiger charge is 1.97. The molecule has 17 heavy (non-hydrogen) atoms. The molecule has 0 heterocycles. The number of rotatable bonds is 11. The number of nitriles is 1. The van der Waals surface area contributed by atoms with Crippen LogP contribution in [-0.2, 0) is 9.53 Å². The van der Waals surface area contributed by atoms with E-state index in [9.17, 15) is 4.79 Å². The van der Waals surface area contributed by atoms with Crippen LogP contribution in [0.2, 0.25) is 0 Å². The molecule has 0 N–H and O–H groups in total. The highest BCUT2D eigenvalue weighted by Crippen LogP contribution is 2.10. The Labute approximate surface area is 105 Å². The number of nitrogens with zero attached hydrogens (tertiary/aromatic N) is 1. The Morgan fingerprint density at radius 1 is 0.941 bits per heavy atom. The second kappa shape index (κ2) is 13.0. The lowest BCUT2D eigenvalue weighted by atomic mass is 10.1. The number of unbranched alkanes of at least 4 members (excludes halogenated alkanes) is 9. The van der Waals surface area contributed by atoms with Gasteiger partial charge in [-0.2, -0.15) is 5.26 Å². The Morgan fingerprint density at radius 3 is 1.88 bits per heavy atom. The third-order valence-corrected chi connectivity index (χ3v) is 2.82. The minimum Gasteiger partial charge on any atom is -0.455 e. The summed E-state index contributed by atoms with van der Waals surface area (Å²) in [4.78, 5) is 10.5. The zero-order valence-corrected chi connectivity index (χ0v) is 11.0. The van der Waals surface area contributed by atoms with Gasteiger partial charge in [0, 0.05) is 0 Å². The second-order valence-electron chi connectivity index (χ2n) is 4.43. The molecule has 0 saturated heterocycles. The van der Waals surface area contributed by atoms with Gasteiger partial charge in [0.15, 0.2) is 6.07 Å². The zero-order valence-electron chi connectivity index (χ0n) is 11.0. The average molecular weight is 239 g/mol. The summed E-state index contributed by atoms with van der Waals surface area (Å²) < 4.78 is 4.66. The largest absolute Gasteiger partial charge is 0.455 e. The maximum atomic E-state index is 10.5. The number of carbonyl (C=O) groups excluding carboxylic acids is 1. The van der Waals surface area contributed by atoms with Gasteiger partial charge in [-0.15, -0.1) is 0 Å². The Morgan fingerprint density at radius 2 is 1.41 bits per heavy atom. The van der Waals surface area contributed by atoms with Crippen LogP contribution in [0.25, 0.3) is 0 Å². The van der Waals surface area contributed by atoms with E-state index in [-0.39, 0.29) is 0 Å². The van der Waals surface area contributed by atoms with Gasteiger partial charge in [-0.3, -0.25) is 0 Å². The van der Waals surface area contributed by atoms with Gasteiger partial charge in [-0.25, -0.2) is 4.79 Å².